The first-order chi connectivity index (χ1) is 10.3. The summed E-state index contributed by atoms with van der Waals surface area (Å²) >= 11 is 1.68. The van der Waals surface area contributed by atoms with Crippen molar-refractivity contribution in [3.05, 3.63) is 40.9 Å². The van der Waals surface area contributed by atoms with Crippen LogP contribution in [0.15, 0.2) is 29.6 Å². The van der Waals surface area contributed by atoms with Crippen LogP contribution in [0.2, 0.25) is 0 Å². The number of aromatic nitrogens is 1. The molecule has 0 radical (unpaired) electrons. The first-order valence-electron chi connectivity index (χ1n) is 7.65. The van der Waals surface area contributed by atoms with Gasteiger partial charge in [-0.3, -0.25) is 0 Å². The molecule has 0 aliphatic rings. The van der Waals surface area contributed by atoms with Crippen molar-refractivity contribution in [1.82, 2.24) is 4.98 Å². The largest absolute Gasteiger partial charge is 0.377 e. The predicted molar refractivity (Wildman–Crippen MR) is 89.5 cm³/mol. The number of unbranched alkanes of at least 4 members (excludes halogenated alkanes) is 2. The van der Waals surface area contributed by atoms with E-state index in [9.17, 15) is 0 Å². The fourth-order valence-corrected chi connectivity index (χ4v) is 2.99. The molecule has 2 aromatic rings. The van der Waals surface area contributed by atoms with Crippen molar-refractivity contribution in [2.45, 2.75) is 39.2 Å². The van der Waals surface area contributed by atoms with Gasteiger partial charge in [-0.05, 0) is 24.6 Å². The standard InChI is InChI=1S/C17H24N2OS/c1-2-3-4-10-20-12-14-6-5-7-15(11-14)17-19-16(8-9-18)13-21-17/h5-7,11,13H,2-4,8-10,12,18H2,1H3. The predicted octanol–water partition coefficient (Wildman–Crippen LogP) is 4.02. The van der Waals surface area contributed by atoms with Gasteiger partial charge in [-0.1, -0.05) is 38.0 Å². The molecule has 0 saturated carbocycles. The smallest absolute Gasteiger partial charge is 0.123 e. The molecule has 0 saturated heterocycles. The monoisotopic (exact) mass is 304 g/mol. The highest BCUT2D eigenvalue weighted by molar-refractivity contribution is 7.13. The minimum Gasteiger partial charge on any atom is -0.377 e. The van der Waals surface area contributed by atoms with Crippen molar-refractivity contribution in [2.24, 2.45) is 5.73 Å². The van der Waals surface area contributed by atoms with E-state index in [2.05, 4.69) is 41.6 Å². The highest BCUT2D eigenvalue weighted by atomic mass is 32.1. The van der Waals surface area contributed by atoms with Crippen LogP contribution in [-0.4, -0.2) is 18.1 Å². The second kappa shape index (κ2) is 8.93. The first-order valence-corrected chi connectivity index (χ1v) is 8.53. The van der Waals surface area contributed by atoms with Gasteiger partial charge >= 0.3 is 0 Å². The second-order valence-corrected chi connectivity index (χ2v) is 6.00. The van der Waals surface area contributed by atoms with Gasteiger partial charge in [-0.2, -0.15) is 0 Å². The molecular weight excluding hydrogens is 280 g/mol. The summed E-state index contributed by atoms with van der Waals surface area (Å²) < 4.78 is 5.72. The van der Waals surface area contributed by atoms with E-state index in [1.807, 2.05) is 0 Å². The van der Waals surface area contributed by atoms with Crippen LogP contribution in [0.3, 0.4) is 0 Å². The molecule has 21 heavy (non-hydrogen) atoms. The number of benzene rings is 1. The Hall–Kier alpha value is -1.23. The average Bonchev–Trinajstić information content (AvgIpc) is 2.97. The third-order valence-electron chi connectivity index (χ3n) is 3.29. The maximum Gasteiger partial charge on any atom is 0.123 e. The summed E-state index contributed by atoms with van der Waals surface area (Å²) in [4.78, 5) is 4.63. The zero-order valence-electron chi connectivity index (χ0n) is 12.7. The van der Waals surface area contributed by atoms with Crippen LogP contribution in [0.1, 0.15) is 37.4 Å². The molecule has 0 amide bonds. The Morgan fingerprint density at radius 3 is 3.00 bits per heavy atom. The van der Waals surface area contributed by atoms with Crippen LogP contribution < -0.4 is 5.73 Å². The number of ether oxygens (including phenoxy) is 1. The number of rotatable bonds is 9. The second-order valence-electron chi connectivity index (χ2n) is 5.14. The molecule has 0 bridgehead atoms. The van der Waals surface area contributed by atoms with Crippen molar-refractivity contribution >= 4 is 11.3 Å². The fraction of sp³-hybridized carbons (Fsp3) is 0.471. The van der Waals surface area contributed by atoms with Crippen LogP contribution in [0.4, 0.5) is 0 Å². The zero-order valence-corrected chi connectivity index (χ0v) is 13.5. The third kappa shape index (κ3) is 5.23. The first kappa shape index (κ1) is 16.1. The fourth-order valence-electron chi connectivity index (χ4n) is 2.14. The number of nitrogens with zero attached hydrogens (tertiary/aromatic N) is 1. The van der Waals surface area contributed by atoms with Gasteiger partial charge in [0.15, 0.2) is 0 Å². The summed E-state index contributed by atoms with van der Waals surface area (Å²) in [6.07, 6.45) is 4.46. The van der Waals surface area contributed by atoms with Gasteiger partial charge in [0.2, 0.25) is 0 Å². The Morgan fingerprint density at radius 2 is 2.19 bits per heavy atom. The van der Waals surface area contributed by atoms with E-state index in [0.717, 1.165) is 35.7 Å². The average molecular weight is 304 g/mol. The van der Waals surface area contributed by atoms with E-state index in [-0.39, 0.29) is 0 Å². The summed E-state index contributed by atoms with van der Waals surface area (Å²) in [6.45, 7) is 4.37. The summed E-state index contributed by atoms with van der Waals surface area (Å²) in [5.74, 6) is 0. The quantitative estimate of drug-likeness (QED) is 0.712. The van der Waals surface area contributed by atoms with Crippen LogP contribution in [0.5, 0.6) is 0 Å². The lowest BCUT2D eigenvalue weighted by atomic mass is 10.1. The lowest BCUT2D eigenvalue weighted by Crippen LogP contribution is -2.02. The number of nitrogens with two attached hydrogens (primary N) is 1. The summed E-state index contributed by atoms with van der Waals surface area (Å²) in [5, 5.41) is 3.15. The van der Waals surface area contributed by atoms with E-state index in [1.54, 1.807) is 11.3 Å². The van der Waals surface area contributed by atoms with Gasteiger partial charge in [0, 0.05) is 24.0 Å². The molecule has 1 aromatic carbocycles. The topological polar surface area (TPSA) is 48.1 Å². The molecule has 2 N–H and O–H groups in total. The van der Waals surface area contributed by atoms with Gasteiger partial charge in [-0.25, -0.2) is 4.98 Å². The Kier molecular flexibility index (Phi) is 6.86. The van der Waals surface area contributed by atoms with E-state index >= 15 is 0 Å². The SMILES string of the molecule is CCCCCOCc1cccc(-c2nc(CCN)cs2)c1. The molecule has 0 atom stereocenters. The lowest BCUT2D eigenvalue weighted by Gasteiger charge is -2.05. The van der Waals surface area contributed by atoms with Crippen LogP contribution >= 0.6 is 11.3 Å². The molecule has 4 heteroatoms. The Balaban J connectivity index is 1.93. The van der Waals surface area contributed by atoms with Gasteiger partial charge in [0.1, 0.15) is 5.01 Å². The van der Waals surface area contributed by atoms with Crippen LogP contribution in [0.25, 0.3) is 10.6 Å². The number of hydrogen-bond donors (Lipinski definition) is 1. The Labute approximate surface area is 131 Å². The molecule has 0 aliphatic heterocycles. The van der Waals surface area contributed by atoms with E-state index in [4.69, 9.17) is 10.5 Å². The molecule has 1 aromatic heterocycles. The van der Waals surface area contributed by atoms with Crippen molar-refractivity contribution in [3.8, 4) is 10.6 Å². The molecule has 114 valence electrons. The summed E-state index contributed by atoms with van der Waals surface area (Å²) in [5.41, 5.74) is 9.03. The number of hydrogen-bond acceptors (Lipinski definition) is 4. The van der Waals surface area contributed by atoms with Crippen molar-refractivity contribution in [2.75, 3.05) is 13.2 Å². The van der Waals surface area contributed by atoms with Gasteiger partial charge in [0.05, 0.1) is 12.3 Å². The zero-order chi connectivity index (χ0) is 14.9. The maximum atomic E-state index is 5.72. The van der Waals surface area contributed by atoms with Gasteiger partial charge < -0.3 is 10.5 Å². The minimum atomic E-state index is 0.648. The normalized spacial score (nSPS) is 11.0. The Morgan fingerprint density at radius 1 is 1.29 bits per heavy atom. The van der Waals surface area contributed by atoms with Crippen molar-refractivity contribution in [1.29, 1.82) is 0 Å². The van der Waals surface area contributed by atoms with Crippen LogP contribution in [0, 0.1) is 0 Å². The molecule has 0 aliphatic carbocycles. The maximum absolute atomic E-state index is 5.72. The molecule has 1 heterocycles. The molecule has 0 fully saturated rings. The third-order valence-corrected chi connectivity index (χ3v) is 4.23. The Bertz CT molecular complexity index is 539. The molecule has 3 nitrogen and oxygen atoms in total. The van der Waals surface area contributed by atoms with Crippen molar-refractivity contribution in [3.63, 3.8) is 0 Å². The van der Waals surface area contributed by atoms with E-state index in [0.29, 0.717) is 13.2 Å². The van der Waals surface area contributed by atoms with Crippen molar-refractivity contribution < 1.29 is 4.74 Å². The summed E-state index contributed by atoms with van der Waals surface area (Å²) in [7, 11) is 0. The van der Waals surface area contributed by atoms with Crippen LogP contribution in [-0.2, 0) is 17.8 Å². The molecule has 0 spiro atoms. The van der Waals surface area contributed by atoms with E-state index < -0.39 is 0 Å². The van der Waals surface area contributed by atoms with Gasteiger partial charge in [-0.15, -0.1) is 11.3 Å². The highest BCUT2D eigenvalue weighted by Gasteiger charge is 2.05. The molecule has 2 rings (SSSR count). The number of thiazole rings is 1. The summed E-state index contributed by atoms with van der Waals surface area (Å²) in [6, 6.07) is 8.46. The van der Waals surface area contributed by atoms with E-state index in [1.165, 1.54) is 18.4 Å². The molecular formula is C17H24N2OS. The molecule has 0 unspecified atom stereocenters. The minimum absolute atomic E-state index is 0.648. The van der Waals surface area contributed by atoms with Gasteiger partial charge in [0.25, 0.3) is 0 Å². The lowest BCUT2D eigenvalue weighted by molar-refractivity contribution is 0.117. The highest BCUT2D eigenvalue weighted by Crippen LogP contribution is 2.25.